The SMILES string of the molecule is CC(C)(C)c1ccc(CCC2(CCN)CCCC2)s1. The van der Waals surface area contributed by atoms with Gasteiger partial charge in [0.1, 0.15) is 0 Å². The highest BCUT2D eigenvalue weighted by Gasteiger charge is 2.32. The summed E-state index contributed by atoms with van der Waals surface area (Å²) in [5, 5.41) is 0. The van der Waals surface area contributed by atoms with Crippen molar-refractivity contribution in [3.63, 3.8) is 0 Å². The molecule has 0 saturated heterocycles. The van der Waals surface area contributed by atoms with Crippen molar-refractivity contribution in [2.45, 2.75) is 71.1 Å². The Morgan fingerprint density at radius 3 is 2.37 bits per heavy atom. The molecule has 1 aromatic heterocycles. The molecule has 1 aromatic rings. The summed E-state index contributed by atoms with van der Waals surface area (Å²) in [5.74, 6) is 0. The predicted octanol–water partition coefficient (Wildman–Crippen LogP) is 4.89. The van der Waals surface area contributed by atoms with E-state index in [1.165, 1.54) is 49.8 Å². The Labute approximate surface area is 122 Å². The van der Waals surface area contributed by atoms with Crippen LogP contribution in [0.2, 0.25) is 0 Å². The second-order valence-electron chi connectivity index (χ2n) is 7.26. The number of nitrogens with two attached hydrogens (primary N) is 1. The fraction of sp³-hybridized carbons (Fsp3) is 0.765. The van der Waals surface area contributed by atoms with Gasteiger partial charge in [-0.1, -0.05) is 33.6 Å². The molecule has 19 heavy (non-hydrogen) atoms. The molecular formula is C17H29NS. The maximum absolute atomic E-state index is 5.83. The Morgan fingerprint density at radius 1 is 1.16 bits per heavy atom. The predicted molar refractivity (Wildman–Crippen MR) is 85.9 cm³/mol. The zero-order valence-corrected chi connectivity index (χ0v) is 13.6. The number of hydrogen-bond acceptors (Lipinski definition) is 2. The Balaban J connectivity index is 1.96. The monoisotopic (exact) mass is 279 g/mol. The molecule has 2 rings (SSSR count). The molecule has 2 N–H and O–H groups in total. The van der Waals surface area contributed by atoms with Gasteiger partial charge in [-0.15, -0.1) is 11.3 Å². The minimum absolute atomic E-state index is 0.297. The lowest BCUT2D eigenvalue weighted by Gasteiger charge is -2.28. The molecule has 0 radical (unpaired) electrons. The van der Waals surface area contributed by atoms with Gasteiger partial charge in [0.15, 0.2) is 0 Å². The molecule has 108 valence electrons. The minimum Gasteiger partial charge on any atom is -0.330 e. The van der Waals surface area contributed by atoms with E-state index in [0.29, 0.717) is 10.8 Å². The number of hydrogen-bond donors (Lipinski definition) is 1. The highest BCUT2D eigenvalue weighted by atomic mass is 32.1. The molecule has 0 aromatic carbocycles. The molecule has 2 heteroatoms. The van der Waals surface area contributed by atoms with E-state index in [0.717, 1.165) is 6.54 Å². The fourth-order valence-electron chi connectivity index (χ4n) is 3.36. The van der Waals surface area contributed by atoms with Crippen molar-refractivity contribution in [1.82, 2.24) is 0 Å². The minimum atomic E-state index is 0.297. The molecule has 1 aliphatic rings. The smallest absolute Gasteiger partial charge is 0.0102 e. The molecule has 0 amide bonds. The van der Waals surface area contributed by atoms with Gasteiger partial charge in [-0.2, -0.15) is 0 Å². The van der Waals surface area contributed by atoms with E-state index in [4.69, 9.17) is 5.73 Å². The van der Waals surface area contributed by atoms with Crippen LogP contribution < -0.4 is 5.73 Å². The molecule has 0 aliphatic heterocycles. The number of thiophene rings is 1. The lowest BCUT2D eigenvalue weighted by Crippen LogP contribution is -2.21. The molecule has 1 saturated carbocycles. The fourth-order valence-corrected chi connectivity index (χ4v) is 4.42. The third kappa shape index (κ3) is 3.82. The van der Waals surface area contributed by atoms with E-state index in [9.17, 15) is 0 Å². The Hall–Kier alpha value is -0.340. The maximum Gasteiger partial charge on any atom is 0.0102 e. The van der Waals surface area contributed by atoms with Crippen molar-refractivity contribution in [2.24, 2.45) is 11.1 Å². The average molecular weight is 279 g/mol. The Kier molecular flexibility index (Phi) is 4.73. The summed E-state index contributed by atoms with van der Waals surface area (Å²) in [6.07, 6.45) is 9.46. The molecular weight excluding hydrogens is 250 g/mol. The average Bonchev–Trinajstić information content (AvgIpc) is 2.94. The summed E-state index contributed by atoms with van der Waals surface area (Å²) in [7, 11) is 0. The van der Waals surface area contributed by atoms with Crippen LogP contribution in [-0.2, 0) is 11.8 Å². The van der Waals surface area contributed by atoms with Crippen molar-refractivity contribution in [1.29, 1.82) is 0 Å². The van der Waals surface area contributed by atoms with Gasteiger partial charge in [-0.25, -0.2) is 0 Å². The summed E-state index contributed by atoms with van der Waals surface area (Å²) in [6, 6.07) is 4.67. The second kappa shape index (κ2) is 5.97. The highest BCUT2D eigenvalue weighted by Crippen LogP contribution is 2.45. The normalized spacial score (nSPS) is 18.9. The van der Waals surface area contributed by atoms with Gasteiger partial charge in [-0.05, 0) is 61.6 Å². The first-order valence-corrected chi connectivity index (χ1v) is 8.56. The van der Waals surface area contributed by atoms with E-state index in [-0.39, 0.29) is 0 Å². The molecule has 0 unspecified atom stereocenters. The molecule has 1 fully saturated rings. The van der Waals surface area contributed by atoms with Crippen LogP contribution >= 0.6 is 11.3 Å². The van der Waals surface area contributed by atoms with E-state index in [2.05, 4.69) is 32.9 Å². The van der Waals surface area contributed by atoms with Gasteiger partial charge in [0.05, 0.1) is 0 Å². The van der Waals surface area contributed by atoms with Crippen molar-refractivity contribution < 1.29 is 0 Å². The molecule has 1 aliphatic carbocycles. The summed E-state index contributed by atoms with van der Waals surface area (Å²) < 4.78 is 0. The molecule has 0 spiro atoms. The van der Waals surface area contributed by atoms with Crippen LogP contribution in [0.4, 0.5) is 0 Å². The number of aryl methyl sites for hydroxylation is 1. The first-order valence-electron chi connectivity index (χ1n) is 7.74. The number of rotatable bonds is 5. The van der Waals surface area contributed by atoms with Gasteiger partial charge < -0.3 is 5.73 Å². The van der Waals surface area contributed by atoms with Crippen molar-refractivity contribution >= 4 is 11.3 Å². The second-order valence-corrected chi connectivity index (χ2v) is 8.43. The van der Waals surface area contributed by atoms with Gasteiger partial charge in [-0.3, -0.25) is 0 Å². The topological polar surface area (TPSA) is 26.0 Å². The summed E-state index contributed by atoms with van der Waals surface area (Å²) in [6.45, 7) is 7.76. The largest absolute Gasteiger partial charge is 0.330 e. The summed E-state index contributed by atoms with van der Waals surface area (Å²) in [5.41, 5.74) is 6.69. The highest BCUT2D eigenvalue weighted by molar-refractivity contribution is 7.12. The van der Waals surface area contributed by atoms with Crippen LogP contribution in [-0.4, -0.2) is 6.54 Å². The Bertz CT molecular complexity index is 394. The molecule has 0 atom stereocenters. The van der Waals surface area contributed by atoms with E-state index in [1.54, 1.807) is 4.88 Å². The lowest BCUT2D eigenvalue weighted by atomic mass is 9.78. The van der Waals surface area contributed by atoms with Crippen molar-refractivity contribution in [2.75, 3.05) is 6.54 Å². The van der Waals surface area contributed by atoms with Crippen LogP contribution in [0.5, 0.6) is 0 Å². The van der Waals surface area contributed by atoms with Crippen LogP contribution in [0, 0.1) is 5.41 Å². The zero-order chi connectivity index (χ0) is 13.9. The molecule has 1 heterocycles. The van der Waals surface area contributed by atoms with Crippen LogP contribution in [0.3, 0.4) is 0 Å². The standard InChI is InChI=1S/C17H29NS/c1-16(2,3)15-7-6-14(19-15)8-11-17(12-13-18)9-4-5-10-17/h6-7H,4-5,8-13,18H2,1-3H3. The zero-order valence-electron chi connectivity index (χ0n) is 12.8. The molecule has 0 bridgehead atoms. The first kappa shape index (κ1) is 15.1. The van der Waals surface area contributed by atoms with Crippen LogP contribution in [0.1, 0.15) is 69.1 Å². The quantitative estimate of drug-likeness (QED) is 0.816. The van der Waals surface area contributed by atoms with Gasteiger partial charge in [0, 0.05) is 9.75 Å². The lowest BCUT2D eigenvalue weighted by molar-refractivity contribution is 0.254. The molecule has 1 nitrogen and oxygen atoms in total. The van der Waals surface area contributed by atoms with Crippen LogP contribution in [0.15, 0.2) is 12.1 Å². The summed E-state index contributed by atoms with van der Waals surface area (Å²) >= 11 is 2.01. The Morgan fingerprint density at radius 2 is 1.84 bits per heavy atom. The summed E-state index contributed by atoms with van der Waals surface area (Å²) in [4.78, 5) is 3.08. The third-order valence-electron chi connectivity index (χ3n) is 4.64. The van der Waals surface area contributed by atoms with E-state index < -0.39 is 0 Å². The third-order valence-corrected chi connectivity index (χ3v) is 6.21. The van der Waals surface area contributed by atoms with E-state index in [1.807, 2.05) is 11.3 Å². The first-order chi connectivity index (χ1) is 8.95. The van der Waals surface area contributed by atoms with E-state index >= 15 is 0 Å². The van der Waals surface area contributed by atoms with Gasteiger partial charge in [0.2, 0.25) is 0 Å². The van der Waals surface area contributed by atoms with Gasteiger partial charge in [0.25, 0.3) is 0 Å². The van der Waals surface area contributed by atoms with Crippen molar-refractivity contribution in [3.05, 3.63) is 21.9 Å². The van der Waals surface area contributed by atoms with Crippen molar-refractivity contribution in [3.8, 4) is 0 Å². The van der Waals surface area contributed by atoms with Gasteiger partial charge >= 0.3 is 0 Å². The maximum atomic E-state index is 5.83. The van der Waals surface area contributed by atoms with Crippen LogP contribution in [0.25, 0.3) is 0 Å².